The van der Waals surface area contributed by atoms with E-state index in [0.717, 1.165) is 12.7 Å². The van der Waals surface area contributed by atoms with E-state index < -0.39 is 61.6 Å². The molecule has 280 valence electrons. The molecule has 2 unspecified atom stereocenters. The Morgan fingerprint density at radius 2 is 1.76 bits per heavy atom. The lowest BCUT2D eigenvalue weighted by atomic mass is 10.1. The van der Waals surface area contributed by atoms with Crippen LogP contribution in [0, 0.1) is 0 Å². The van der Waals surface area contributed by atoms with Crippen molar-refractivity contribution in [2.45, 2.75) is 95.9 Å². The smallest absolute Gasteiger partial charge is 0.410 e. The minimum atomic E-state index is -4.22. The fourth-order valence-corrected chi connectivity index (χ4v) is 7.40. The van der Waals surface area contributed by atoms with Gasteiger partial charge in [-0.25, -0.2) is 14.4 Å². The maximum absolute atomic E-state index is 14.1. The number of aliphatic carboxylic acids is 1. The molecule has 2 fully saturated rings. The van der Waals surface area contributed by atoms with E-state index in [-0.39, 0.29) is 32.5 Å². The lowest BCUT2D eigenvalue weighted by Crippen LogP contribution is -2.48. The number of hydrogen-bond acceptors (Lipinski definition) is 11. The molecule has 2 saturated heterocycles. The number of ether oxygens (including phenoxy) is 3. The van der Waals surface area contributed by atoms with E-state index in [1.807, 2.05) is 37.3 Å². The molecule has 0 saturated carbocycles. The summed E-state index contributed by atoms with van der Waals surface area (Å²) in [5.41, 5.74) is 0.846. The summed E-state index contributed by atoms with van der Waals surface area (Å²) in [7, 11) is -3.07. The lowest BCUT2D eigenvalue weighted by Gasteiger charge is -2.32. The maximum Gasteiger partial charge on any atom is 0.410 e. The Bertz CT molecular complexity index is 1310. The summed E-state index contributed by atoms with van der Waals surface area (Å²) in [5, 5.41) is 14.9. The molecule has 2 aliphatic rings. The van der Waals surface area contributed by atoms with Crippen molar-refractivity contribution in [1.82, 2.24) is 20.4 Å². The van der Waals surface area contributed by atoms with Gasteiger partial charge in [0.05, 0.1) is 13.2 Å². The lowest BCUT2D eigenvalue weighted by molar-refractivity contribution is -0.151. The zero-order chi connectivity index (χ0) is 36.5. The molecule has 3 rings (SSSR count). The third-order valence-corrected chi connectivity index (χ3v) is 10.7. The van der Waals surface area contributed by atoms with Crippen LogP contribution < -0.4 is 10.6 Å². The van der Waals surface area contributed by atoms with Crippen molar-refractivity contribution >= 4 is 37.6 Å². The van der Waals surface area contributed by atoms with Gasteiger partial charge in [-0.1, -0.05) is 50.1 Å². The van der Waals surface area contributed by atoms with Crippen molar-refractivity contribution < 1.29 is 56.9 Å². The highest BCUT2D eigenvalue weighted by Crippen LogP contribution is 2.54. The number of carbonyl (C=O) groups excluding carboxylic acids is 4. The molecule has 0 bridgehead atoms. The van der Waals surface area contributed by atoms with E-state index >= 15 is 0 Å². The number of nitrogens with one attached hydrogen (secondary N) is 2. The minimum absolute atomic E-state index is 0.0850. The number of likely N-dealkylation sites (tertiary alicyclic amines) is 1. The molecule has 1 aromatic carbocycles. The quantitative estimate of drug-likeness (QED) is 0.138. The molecule has 0 aromatic heterocycles. The van der Waals surface area contributed by atoms with Crippen molar-refractivity contribution in [2.24, 2.45) is 0 Å². The van der Waals surface area contributed by atoms with E-state index in [1.165, 1.54) is 16.7 Å². The first-order valence-corrected chi connectivity index (χ1v) is 18.8. The van der Waals surface area contributed by atoms with Crippen molar-refractivity contribution in [3.05, 3.63) is 35.9 Å². The van der Waals surface area contributed by atoms with Crippen molar-refractivity contribution in [3.63, 3.8) is 0 Å². The standard InChI is InChI=1S/C33H51N4O12P/c1-4-5-16-28(50(44,45-3)49-24(2)30(39)37-18-11-14-26(37)31(40)41)35-29(38)27(48-33(43)36-19-21-46-22-20-36)15-9-10-17-34-32(42)47-23-25-12-7-6-8-13-25/h6-8,12-13,24,26-28H,4-5,9-11,14-23H2,1-3H3,(H,34,42)(H,35,38)(H,40,41)/t24?,26-,27-,28-,50?/m0/s1. The number of rotatable bonds is 19. The van der Waals surface area contributed by atoms with Gasteiger partial charge >= 0.3 is 25.8 Å². The van der Waals surface area contributed by atoms with Crippen LogP contribution in [0.2, 0.25) is 0 Å². The van der Waals surface area contributed by atoms with Crippen molar-refractivity contribution in [2.75, 3.05) is 46.5 Å². The Balaban J connectivity index is 1.65. The number of unbranched alkanes of at least 4 members (excludes halogenated alkanes) is 2. The molecule has 16 nitrogen and oxygen atoms in total. The number of hydrogen-bond donors (Lipinski definition) is 3. The number of alkyl carbamates (subject to hydrolysis) is 1. The maximum atomic E-state index is 14.1. The second kappa shape index (κ2) is 20.8. The van der Waals surface area contributed by atoms with Gasteiger partial charge in [0.25, 0.3) is 11.8 Å². The molecule has 17 heteroatoms. The Morgan fingerprint density at radius 1 is 1.04 bits per heavy atom. The number of amides is 4. The van der Waals surface area contributed by atoms with Gasteiger partial charge in [-0.3, -0.25) is 18.7 Å². The first-order valence-electron chi connectivity index (χ1n) is 17.1. The minimum Gasteiger partial charge on any atom is -0.480 e. The third-order valence-electron chi connectivity index (χ3n) is 8.43. The molecular weight excluding hydrogens is 675 g/mol. The molecule has 0 aliphatic carbocycles. The SMILES string of the molecule is CCCC[C@@H](NC(=O)[C@H](CCCCNC(=O)OCc1ccccc1)OC(=O)N1CCOCC1)P(=O)(OC)OC(C)C(=O)N1CCC[C@H]1C(=O)O. The second-order valence-electron chi connectivity index (χ2n) is 12.1. The van der Waals surface area contributed by atoms with E-state index in [0.29, 0.717) is 64.8 Å². The van der Waals surface area contributed by atoms with E-state index in [9.17, 15) is 33.6 Å². The van der Waals surface area contributed by atoms with Gasteiger partial charge in [-0.2, -0.15) is 0 Å². The van der Waals surface area contributed by atoms with E-state index in [1.54, 1.807) is 0 Å². The number of carboxylic acid groups (broad SMARTS) is 1. The summed E-state index contributed by atoms with van der Waals surface area (Å²) in [4.78, 5) is 66.3. The van der Waals surface area contributed by atoms with Crippen LogP contribution in [0.4, 0.5) is 9.59 Å². The zero-order valence-corrected chi connectivity index (χ0v) is 30.0. The highest BCUT2D eigenvalue weighted by Gasteiger charge is 2.43. The molecule has 4 amide bonds. The Kier molecular flexibility index (Phi) is 17.0. The van der Waals surface area contributed by atoms with Gasteiger partial charge in [-0.15, -0.1) is 0 Å². The van der Waals surface area contributed by atoms with Gasteiger partial charge in [-0.05, 0) is 51.0 Å². The molecule has 2 heterocycles. The summed E-state index contributed by atoms with van der Waals surface area (Å²) < 4.78 is 41.4. The highest BCUT2D eigenvalue weighted by atomic mass is 31.2. The molecule has 3 N–H and O–H groups in total. The molecule has 0 spiro atoms. The van der Waals surface area contributed by atoms with Gasteiger partial charge in [0.1, 0.15) is 24.5 Å². The molecule has 0 radical (unpaired) electrons. The number of carbonyl (C=O) groups is 5. The van der Waals surface area contributed by atoms with Gasteiger partial charge in [0, 0.05) is 33.3 Å². The third kappa shape index (κ3) is 12.6. The number of benzene rings is 1. The van der Waals surface area contributed by atoms with Crippen LogP contribution in [0.15, 0.2) is 30.3 Å². The van der Waals surface area contributed by atoms with Crippen molar-refractivity contribution in [3.8, 4) is 0 Å². The topological polar surface area (TPSA) is 199 Å². The fourth-order valence-electron chi connectivity index (χ4n) is 5.60. The summed E-state index contributed by atoms with van der Waals surface area (Å²) in [5.74, 6) is -3.71. The first kappa shape index (κ1) is 40.7. The summed E-state index contributed by atoms with van der Waals surface area (Å²) >= 11 is 0. The zero-order valence-electron chi connectivity index (χ0n) is 29.1. The predicted octanol–water partition coefficient (Wildman–Crippen LogP) is 3.87. The molecule has 5 atom stereocenters. The normalized spacial score (nSPS) is 19.1. The van der Waals surface area contributed by atoms with Gasteiger partial charge in [0.15, 0.2) is 6.10 Å². The first-order chi connectivity index (χ1) is 24.0. The number of carboxylic acids is 1. The number of morpholine rings is 1. The van der Waals surface area contributed by atoms with Crippen LogP contribution in [0.25, 0.3) is 0 Å². The number of nitrogens with zero attached hydrogens (tertiary/aromatic N) is 2. The Labute approximate surface area is 293 Å². The molecule has 50 heavy (non-hydrogen) atoms. The van der Waals surface area contributed by atoms with Crippen LogP contribution in [0.3, 0.4) is 0 Å². The van der Waals surface area contributed by atoms with E-state index in [2.05, 4.69) is 10.6 Å². The molecule has 2 aliphatic heterocycles. The summed E-state index contributed by atoms with van der Waals surface area (Å²) in [6, 6.07) is 8.22. The van der Waals surface area contributed by atoms with Crippen LogP contribution in [0.1, 0.15) is 70.8 Å². The van der Waals surface area contributed by atoms with E-state index in [4.69, 9.17) is 23.3 Å². The van der Waals surface area contributed by atoms with Crippen LogP contribution in [-0.2, 0) is 48.8 Å². The van der Waals surface area contributed by atoms with Crippen LogP contribution in [0.5, 0.6) is 0 Å². The van der Waals surface area contributed by atoms with Gasteiger partial charge in [0.2, 0.25) is 0 Å². The van der Waals surface area contributed by atoms with Gasteiger partial charge < -0.3 is 44.3 Å². The largest absolute Gasteiger partial charge is 0.480 e. The monoisotopic (exact) mass is 726 g/mol. The Hall–Kier alpha value is -3.72. The molecule has 1 aromatic rings. The van der Waals surface area contributed by atoms with Crippen LogP contribution in [-0.4, -0.2) is 115 Å². The van der Waals surface area contributed by atoms with Crippen molar-refractivity contribution in [1.29, 1.82) is 0 Å². The highest BCUT2D eigenvalue weighted by molar-refractivity contribution is 7.54. The average molecular weight is 727 g/mol. The fraction of sp³-hybridized carbons (Fsp3) is 0.667. The van der Waals surface area contributed by atoms with Crippen LogP contribution >= 0.6 is 7.60 Å². The average Bonchev–Trinajstić information content (AvgIpc) is 3.62. The Morgan fingerprint density at radius 3 is 2.42 bits per heavy atom. The summed E-state index contributed by atoms with van der Waals surface area (Å²) in [6.07, 6.45) is -0.864. The summed E-state index contributed by atoms with van der Waals surface area (Å²) in [6.45, 7) is 5.09. The second-order valence-corrected chi connectivity index (χ2v) is 14.4. The molecular formula is C33H51N4O12P. The predicted molar refractivity (Wildman–Crippen MR) is 180 cm³/mol.